The van der Waals surface area contributed by atoms with E-state index in [0.717, 1.165) is 6.42 Å². The Morgan fingerprint density at radius 1 is 1.19 bits per heavy atom. The fourth-order valence-electron chi connectivity index (χ4n) is 2.12. The topological polar surface area (TPSA) is 91.1 Å². The molecule has 0 aliphatic heterocycles. The molecule has 0 aromatic heterocycles. The predicted molar refractivity (Wildman–Crippen MR) is 98.2 cm³/mol. The zero-order chi connectivity index (χ0) is 19.4. The first-order valence-corrected chi connectivity index (χ1v) is 8.39. The molecule has 0 radical (unpaired) electrons. The molecule has 0 atom stereocenters. The summed E-state index contributed by atoms with van der Waals surface area (Å²) in [6.45, 7) is 4.03. The minimum Gasteiger partial charge on any atom is -0.487 e. The largest absolute Gasteiger partial charge is 0.487 e. The van der Waals surface area contributed by atoms with Gasteiger partial charge < -0.3 is 19.1 Å². The van der Waals surface area contributed by atoms with Crippen molar-refractivity contribution in [2.24, 2.45) is 0 Å². The molecule has 0 N–H and O–H groups in total. The lowest BCUT2D eigenvalue weighted by molar-refractivity contribution is -0.385. The van der Waals surface area contributed by atoms with Crippen LogP contribution in [-0.2, 0) is 14.3 Å². The van der Waals surface area contributed by atoms with Crippen LogP contribution in [0.3, 0.4) is 0 Å². The Bertz CT molecular complexity index is 610. The van der Waals surface area contributed by atoms with E-state index in [1.54, 1.807) is 37.3 Å². The van der Waals surface area contributed by atoms with E-state index in [0.29, 0.717) is 38.5 Å². The van der Waals surface area contributed by atoms with E-state index in [9.17, 15) is 14.9 Å². The van der Waals surface area contributed by atoms with Gasteiger partial charge in [-0.05, 0) is 24.1 Å². The van der Waals surface area contributed by atoms with E-state index in [1.807, 2.05) is 6.92 Å². The Hall–Kier alpha value is -2.45. The maximum absolute atomic E-state index is 12.3. The van der Waals surface area contributed by atoms with Gasteiger partial charge in [0.2, 0.25) is 5.91 Å². The molecule has 8 heteroatoms. The smallest absolute Gasteiger partial charge is 0.311 e. The molecule has 0 bridgehead atoms. The van der Waals surface area contributed by atoms with Crippen molar-refractivity contribution < 1.29 is 23.9 Å². The third-order valence-corrected chi connectivity index (χ3v) is 3.50. The van der Waals surface area contributed by atoms with Gasteiger partial charge in [0.05, 0.1) is 24.7 Å². The second-order valence-corrected chi connectivity index (χ2v) is 5.48. The Morgan fingerprint density at radius 3 is 2.38 bits per heavy atom. The molecule has 0 saturated heterocycles. The van der Waals surface area contributed by atoms with Crippen LogP contribution in [0, 0.1) is 10.1 Å². The summed E-state index contributed by atoms with van der Waals surface area (Å²) in [6.07, 6.45) is 3.69. The van der Waals surface area contributed by atoms with Crippen molar-refractivity contribution in [3.63, 3.8) is 0 Å². The van der Waals surface area contributed by atoms with Crippen molar-refractivity contribution in [2.45, 2.75) is 13.3 Å². The van der Waals surface area contributed by atoms with E-state index in [1.165, 1.54) is 12.1 Å². The number of rotatable bonds is 12. The Labute approximate surface area is 153 Å². The molecule has 0 fully saturated rings. The van der Waals surface area contributed by atoms with Crippen LogP contribution in [0.2, 0.25) is 0 Å². The molecule has 26 heavy (non-hydrogen) atoms. The number of nitrogens with zero attached hydrogens (tertiary/aromatic N) is 2. The highest BCUT2D eigenvalue weighted by molar-refractivity contribution is 5.92. The minimum atomic E-state index is -0.492. The van der Waals surface area contributed by atoms with Crippen LogP contribution in [0.15, 0.2) is 24.3 Å². The van der Waals surface area contributed by atoms with Gasteiger partial charge in [-0.2, -0.15) is 0 Å². The van der Waals surface area contributed by atoms with Gasteiger partial charge in [0, 0.05) is 39.5 Å². The van der Waals surface area contributed by atoms with E-state index in [2.05, 4.69) is 0 Å². The zero-order valence-electron chi connectivity index (χ0n) is 15.5. The monoisotopic (exact) mass is 366 g/mol. The van der Waals surface area contributed by atoms with E-state index in [-0.39, 0.29) is 17.3 Å². The van der Waals surface area contributed by atoms with Crippen molar-refractivity contribution in [3.8, 4) is 5.75 Å². The number of amides is 1. The fourth-order valence-corrected chi connectivity index (χ4v) is 2.12. The van der Waals surface area contributed by atoms with Crippen molar-refractivity contribution in [1.82, 2.24) is 4.90 Å². The normalized spacial score (nSPS) is 10.9. The Balaban J connectivity index is 2.88. The van der Waals surface area contributed by atoms with Crippen molar-refractivity contribution in [1.29, 1.82) is 0 Å². The SMILES string of the molecule is CCCOc1ccc(/C=C/C(=O)N(CCOC)CCOC)cc1[N+](=O)[O-]. The average molecular weight is 366 g/mol. The summed E-state index contributed by atoms with van der Waals surface area (Å²) in [5.41, 5.74) is 0.427. The number of hydrogen-bond acceptors (Lipinski definition) is 6. The summed E-state index contributed by atoms with van der Waals surface area (Å²) in [4.78, 5) is 24.6. The maximum Gasteiger partial charge on any atom is 0.311 e. The van der Waals surface area contributed by atoms with Gasteiger partial charge >= 0.3 is 5.69 Å². The molecule has 8 nitrogen and oxygen atoms in total. The van der Waals surface area contributed by atoms with Crippen LogP contribution in [0.1, 0.15) is 18.9 Å². The number of benzene rings is 1. The third kappa shape index (κ3) is 7.20. The summed E-state index contributed by atoms with van der Waals surface area (Å²) in [5.74, 6) is 0.00945. The number of hydrogen-bond donors (Lipinski definition) is 0. The predicted octanol–water partition coefficient (Wildman–Crippen LogP) is 2.52. The van der Waals surface area contributed by atoms with Gasteiger partial charge in [-0.25, -0.2) is 0 Å². The molecule has 0 heterocycles. The first kappa shape index (κ1) is 21.6. The summed E-state index contributed by atoms with van der Waals surface area (Å²) in [5, 5.41) is 11.2. The van der Waals surface area contributed by atoms with E-state index in [4.69, 9.17) is 14.2 Å². The Kier molecular flexibility index (Phi) is 9.96. The highest BCUT2D eigenvalue weighted by atomic mass is 16.6. The Morgan fingerprint density at radius 2 is 1.85 bits per heavy atom. The summed E-state index contributed by atoms with van der Waals surface area (Å²) in [6, 6.07) is 4.62. The standard InChI is InChI=1S/C18H26N2O6/c1-4-11-26-17-7-5-15(14-16(17)20(22)23)6-8-18(21)19(9-12-24-2)10-13-25-3/h5-8,14H,4,9-13H2,1-3H3/b8-6+. The minimum absolute atomic E-state index is 0.122. The lowest BCUT2D eigenvalue weighted by Crippen LogP contribution is -2.35. The highest BCUT2D eigenvalue weighted by Crippen LogP contribution is 2.28. The molecule has 0 aliphatic carbocycles. The first-order chi connectivity index (χ1) is 12.5. The first-order valence-electron chi connectivity index (χ1n) is 8.39. The molecular formula is C18H26N2O6. The number of ether oxygens (including phenoxy) is 3. The molecule has 0 unspecified atom stereocenters. The summed E-state index contributed by atoms with van der Waals surface area (Å²) in [7, 11) is 3.13. The van der Waals surface area contributed by atoms with Gasteiger partial charge in [-0.3, -0.25) is 14.9 Å². The lowest BCUT2D eigenvalue weighted by Gasteiger charge is -2.20. The van der Waals surface area contributed by atoms with Crippen LogP contribution in [0.25, 0.3) is 6.08 Å². The molecule has 1 rings (SSSR count). The molecule has 1 aromatic rings. The number of nitro benzene ring substituents is 1. The van der Waals surface area contributed by atoms with Gasteiger partial charge in [-0.15, -0.1) is 0 Å². The molecule has 0 spiro atoms. The third-order valence-electron chi connectivity index (χ3n) is 3.50. The van der Waals surface area contributed by atoms with Crippen LogP contribution >= 0.6 is 0 Å². The number of carbonyl (C=O) groups excluding carboxylic acids is 1. The van der Waals surface area contributed by atoms with Crippen molar-refractivity contribution in [3.05, 3.63) is 40.0 Å². The van der Waals surface area contributed by atoms with Gasteiger partial charge in [0.1, 0.15) is 0 Å². The van der Waals surface area contributed by atoms with Crippen molar-refractivity contribution in [2.75, 3.05) is 47.1 Å². The fraction of sp³-hybridized carbons (Fsp3) is 0.500. The quantitative estimate of drug-likeness (QED) is 0.321. The lowest BCUT2D eigenvalue weighted by atomic mass is 10.1. The highest BCUT2D eigenvalue weighted by Gasteiger charge is 2.15. The second kappa shape index (κ2) is 12.0. The van der Waals surface area contributed by atoms with E-state index >= 15 is 0 Å². The molecule has 1 aromatic carbocycles. The van der Waals surface area contributed by atoms with Gasteiger partial charge in [0.15, 0.2) is 5.75 Å². The van der Waals surface area contributed by atoms with Crippen LogP contribution in [-0.4, -0.2) is 62.9 Å². The molecule has 144 valence electrons. The van der Waals surface area contributed by atoms with Gasteiger partial charge in [-0.1, -0.05) is 13.0 Å². The maximum atomic E-state index is 12.3. The molecule has 0 aliphatic rings. The number of methoxy groups -OCH3 is 2. The van der Waals surface area contributed by atoms with Gasteiger partial charge in [0.25, 0.3) is 0 Å². The average Bonchev–Trinajstić information content (AvgIpc) is 2.64. The second-order valence-electron chi connectivity index (χ2n) is 5.48. The number of nitro groups is 1. The number of carbonyl (C=O) groups is 1. The van der Waals surface area contributed by atoms with Crippen LogP contribution in [0.4, 0.5) is 5.69 Å². The van der Waals surface area contributed by atoms with E-state index < -0.39 is 4.92 Å². The summed E-state index contributed by atoms with van der Waals surface area (Å²) < 4.78 is 15.4. The summed E-state index contributed by atoms with van der Waals surface area (Å²) >= 11 is 0. The molecule has 1 amide bonds. The zero-order valence-corrected chi connectivity index (χ0v) is 15.5. The molecular weight excluding hydrogens is 340 g/mol. The van der Waals surface area contributed by atoms with Crippen LogP contribution in [0.5, 0.6) is 5.75 Å². The molecule has 0 saturated carbocycles. The van der Waals surface area contributed by atoms with Crippen LogP contribution < -0.4 is 4.74 Å². The van der Waals surface area contributed by atoms with Crippen molar-refractivity contribution >= 4 is 17.7 Å².